The number of nitrogens with one attached hydrogen (secondary N) is 1. The smallest absolute Gasteiger partial charge is 0.0680 e. The van der Waals surface area contributed by atoms with E-state index >= 15 is 0 Å². The van der Waals surface area contributed by atoms with E-state index in [2.05, 4.69) is 42.0 Å². The summed E-state index contributed by atoms with van der Waals surface area (Å²) in [5.41, 5.74) is 5.73. The molecule has 0 saturated carbocycles. The van der Waals surface area contributed by atoms with Gasteiger partial charge in [-0.25, -0.2) is 5.43 Å². The predicted octanol–water partition coefficient (Wildman–Crippen LogP) is 3.41. The van der Waals surface area contributed by atoms with Gasteiger partial charge in [0.05, 0.1) is 6.04 Å². The summed E-state index contributed by atoms with van der Waals surface area (Å²) in [6.07, 6.45) is 9.41. The van der Waals surface area contributed by atoms with Crippen molar-refractivity contribution in [1.82, 2.24) is 5.43 Å². The van der Waals surface area contributed by atoms with Crippen molar-refractivity contribution < 1.29 is 0 Å². The number of thioether (sulfide) groups is 1. The second-order valence-corrected chi connectivity index (χ2v) is 5.21. The van der Waals surface area contributed by atoms with Gasteiger partial charge in [0.1, 0.15) is 0 Å². The van der Waals surface area contributed by atoms with E-state index in [9.17, 15) is 0 Å². The van der Waals surface area contributed by atoms with E-state index in [1.807, 2.05) is 0 Å². The Balaban J connectivity index is 2.31. The van der Waals surface area contributed by atoms with Crippen LogP contribution in [0, 0.1) is 0 Å². The molecule has 0 aliphatic heterocycles. The molecule has 1 atom stereocenters. The van der Waals surface area contributed by atoms with Crippen LogP contribution in [0.25, 0.3) is 0 Å². The summed E-state index contributed by atoms with van der Waals surface area (Å²) in [5, 5.41) is 0. The van der Waals surface area contributed by atoms with Gasteiger partial charge in [0.2, 0.25) is 0 Å². The third kappa shape index (κ3) is 2.92. The van der Waals surface area contributed by atoms with Crippen LogP contribution in [0.5, 0.6) is 0 Å². The molecule has 0 bridgehead atoms. The maximum absolute atomic E-state index is 5.76. The summed E-state index contributed by atoms with van der Waals surface area (Å²) < 4.78 is 0. The second kappa shape index (κ2) is 6.24. The zero-order chi connectivity index (χ0) is 12.1. The van der Waals surface area contributed by atoms with Crippen LogP contribution in [0.2, 0.25) is 0 Å². The first-order chi connectivity index (χ1) is 8.36. The van der Waals surface area contributed by atoms with E-state index in [4.69, 9.17) is 5.84 Å². The molecule has 0 radical (unpaired) electrons. The summed E-state index contributed by atoms with van der Waals surface area (Å²) in [6.45, 7) is 0. The maximum Gasteiger partial charge on any atom is 0.0680 e. The third-order valence-electron chi connectivity index (χ3n) is 3.31. The van der Waals surface area contributed by atoms with Crippen LogP contribution in [0.3, 0.4) is 0 Å². The highest BCUT2D eigenvalue weighted by Crippen LogP contribution is 2.33. The predicted molar refractivity (Wildman–Crippen MR) is 74.8 cm³/mol. The lowest BCUT2D eigenvalue weighted by Gasteiger charge is -2.24. The zero-order valence-electron chi connectivity index (χ0n) is 10.3. The molecule has 0 heterocycles. The Morgan fingerprint density at radius 1 is 1.29 bits per heavy atom. The molecule has 1 unspecified atom stereocenters. The minimum atomic E-state index is 0.180. The Morgan fingerprint density at radius 2 is 2.12 bits per heavy atom. The maximum atomic E-state index is 5.76. The fraction of sp³-hybridized carbons (Fsp3) is 0.429. The third-order valence-corrected chi connectivity index (χ3v) is 4.13. The Hall–Kier alpha value is -0.770. The monoisotopic (exact) mass is 248 g/mol. The van der Waals surface area contributed by atoms with Crippen LogP contribution in [0.4, 0.5) is 0 Å². The zero-order valence-corrected chi connectivity index (χ0v) is 11.1. The van der Waals surface area contributed by atoms with Crippen LogP contribution in [-0.4, -0.2) is 6.26 Å². The Morgan fingerprint density at radius 3 is 2.76 bits per heavy atom. The minimum absolute atomic E-state index is 0.180. The van der Waals surface area contributed by atoms with Gasteiger partial charge < -0.3 is 0 Å². The molecule has 2 rings (SSSR count). The molecule has 17 heavy (non-hydrogen) atoms. The van der Waals surface area contributed by atoms with E-state index in [1.54, 1.807) is 11.8 Å². The summed E-state index contributed by atoms with van der Waals surface area (Å²) in [5.74, 6) is 5.76. The van der Waals surface area contributed by atoms with E-state index in [0.717, 1.165) is 6.42 Å². The van der Waals surface area contributed by atoms with Gasteiger partial charge >= 0.3 is 0 Å². The lowest BCUT2D eigenvalue weighted by molar-refractivity contribution is 0.560. The van der Waals surface area contributed by atoms with Crippen LogP contribution < -0.4 is 11.3 Å². The molecule has 0 amide bonds. The molecule has 1 aromatic carbocycles. The molecule has 0 fully saturated rings. The Bertz CT molecular complexity index is 401. The lowest BCUT2D eigenvalue weighted by atomic mass is 9.90. The van der Waals surface area contributed by atoms with Crippen molar-refractivity contribution in [1.29, 1.82) is 0 Å². The van der Waals surface area contributed by atoms with Gasteiger partial charge in [0.15, 0.2) is 0 Å². The van der Waals surface area contributed by atoms with Crippen molar-refractivity contribution in [2.24, 2.45) is 5.84 Å². The molecule has 2 nitrogen and oxygen atoms in total. The van der Waals surface area contributed by atoms with E-state index in [-0.39, 0.29) is 6.04 Å². The van der Waals surface area contributed by atoms with Crippen molar-refractivity contribution in [3.8, 4) is 0 Å². The average Bonchev–Trinajstić information content (AvgIpc) is 2.41. The summed E-state index contributed by atoms with van der Waals surface area (Å²) >= 11 is 1.78. The first kappa shape index (κ1) is 12.7. The van der Waals surface area contributed by atoms with Gasteiger partial charge in [0, 0.05) is 4.90 Å². The standard InChI is InChI=1S/C14H20N2S/c1-17-13-10-6-5-9-12(13)14(16-15)11-7-3-2-4-8-11/h5-7,9-10,14,16H,2-4,8,15H2,1H3. The molecule has 1 aromatic rings. The van der Waals surface area contributed by atoms with Crippen LogP contribution in [0.1, 0.15) is 37.3 Å². The van der Waals surface area contributed by atoms with Gasteiger partial charge in [-0.15, -0.1) is 11.8 Å². The number of hydrogen-bond donors (Lipinski definition) is 2. The quantitative estimate of drug-likeness (QED) is 0.371. The summed E-state index contributed by atoms with van der Waals surface area (Å²) in [7, 11) is 0. The summed E-state index contributed by atoms with van der Waals surface area (Å²) in [6, 6.07) is 8.68. The van der Waals surface area contributed by atoms with Crippen molar-refractivity contribution in [3.05, 3.63) is 41.5 Å². The van der Waals surface area contributed by atoms with E-state index < -0.39 is 0 Å². The van der Waals surface area contributed by atoms with E-state index in [1.165, 1.54) is 35.3 Å². The van der Waals surface area contributed by atoms with E-state index in [0.29, 0.717) is 0 Å². The van der Waals surface area contributed by atoms with Gasteiger partial charge in [-0.2, -0.15) is 0 Å². The summed E-state index contributed by atoms with van der Waals surface area (Å²) in [4.78, 5) is 1.31. The minimum Gasteiger partial charge on any atom is -0.271 e. The van der Waals surface area contributed by atoms with Gasteiger partial charge in [-0.3, -0.25) is 5.84 Å². The van der Waals surface area contributed by atoms with Gasteiger partial charge in [-0.1, -0.05) is 29.8 Å². The first-order valence-electron chi connectivity index (χ1n) is 6.14. The Labute approximate surface area is 108 Å². The lowest BCUT2D eigenvalue weighted by Crippen LogP contribution is -2.30. The van der Waals surface area contributed by atoms with Crippen LogP contribution in [-0.2, 0) is 0 Å². The fourth-order valence-electron chi connectivity index (χ4n) is 2.43. The molecule has 1 aliphatic rings. The molecule has 0 spiro atoms. The highest BCUT2D eigenvalue weighted by Gasteiger charge is 2.18. The van der Waals surface area contributed by atoms with Crippen molar-refractivity contribution in [2.75, 3.05) is 6.26 Å². The van der Waals surface area contributed by atoms with Crippen molar-refractivity contribution in [3.63, 3.8) is 0 Å². The van der Waals surface area contributed by atoms with Gasteiger partial charge in [0.25, 0.3) is 0 Å². The number of hydrogen-bond acceptors (Lipinski definition) is 3. The molecule has 1 aliphatic carbocycles. The Kier molecular flexibility index (Phi) is 4.66. The largest absolute Gasteiger partial charge is 0.271 e. The van der Waals surface area contributed by atoms with Gasteiger partial charge in [-0.05, 0) is 43.6 Å². The number of benzene rings is 1. The molecule has 3 heteroatoms. The number of allylic oxidation sites excluding steroid dienone is 1. The molecule has 3 N–H and O–H groups in total. The van der Waals surface area contributed by atoms with Crippen molar-refractivity contribution >= 4 is 11.8 Å². The molecular weight excluding hydrogens is 228 g/mol. The van der Waals surface area contributed by atoms with Crippen LogP contribution >= 0.6 is 11.8 Å². The molecule has 0 saturated heterocycles. The van der Waals surface area contributed by atoms with Crippen molar-refractivity contribution in [2.45, 2.75) is 36.6 Å². The second-order valence-electron chi connectivity index (χ2n) is 4.37. The average molecular weight is 248 g/mol. The number of hydrazine groups is 1. The van der Waals surface area contributed by atoms with Crippen LogP contribution in [0.15, 0.2) is 40.8 Å². The highest BCUT2D eigenvalue weighted by atomic mass is 32.2. The molecule has 92 valence electrons. The molecular formula is C14H20N2S. The fourth-order valence-corrected chi connectivity index (χ4v) is 3.06. The topological polar surface area (TPSA) is 38.0 Å². The molecule has 0 aromatic heterocycles. The highest BCUT2D eigenvalue weighted by molar-refractivity contribution is 7.98. The number of nitrogens with two attached hydrogens (primary N) is 1. The number of rotatable bonds is 4. The SMILES string of the molecule is CSc1ccccc1C(NN)C1=CCCCC1. The normalized spacial score (nSPS) is 17.6. The first-order valence-corrected chi connectivity index (χ1v) is 7.37.